The van der Waals surface area contributed by atoms with Gasteiger partial charge in [-0.25, -0.2) is 0 Å². The Kier molecular flexibility index (Phi) is 8.40. The van der Waals surface area contributed by atoms with Crippen LogP contribution in [-0.4, -0.2) is 31.1 Å². The molecular weight excluding hydrogens is 270 g/mol. The molecule has 0 aliphatic rings. The summed E-state index contributed by atoms with van der Waals surface area (Å²) in [4.78, 5) is 2.44. The number of halogens is 1. The van der Waals surface area contributed by atoms with E-state index in [1.54, 1.807) is 0 Å². The molecule has 0 radical (unpaired) electrons. The Morgan fingerprint density at radius 1 is 1.25 bits per heavy atom. The van der Waals surface area contributed by atoms with Gasteiger partial charge in [0.1, 0.15) is 5.75 Å². The Bertz CT molecular complexity index is 402. The lowest BCUT2D eigenvalue weighted by molar-refractivity contribution is 0.265. The first kappa shape index (κ1) is 17.1. The Labute approximate surface area is 128 Å². The number of unbranched alkanes of at least 4 members (excludes halogenated alkanes) is 1. The maximum atomic E-state index is 6.01. The second kappa shape index (κ2) is 9.84. The Balaban J connectivity index is 2.36. The SMILES string of the molecule is C=CCc1cc(Cl)ccc1OCCCCN(CC)CC. The molecule has 0 unspecified atom stereocenters. The van der Waals surface area contributed by atoms with Crippen molar-refractivity contribution in [2.24, 2.45) is 0 Å². The van der Waals surface area contributed by atoms with Gasteiger partial charge in [0.05, 0.1) is 6.61 Å². The zero-order valence-corrected chi connectivity index (χ0v) is 13.5. The molecule has 0 saturated heterocycles. The van der Waals surface area contributed by atoms with E-state index < -0.39 is 0 Å². The lowest BCUT2D eigenvalue weighted by atomic mass is 10.1. The van der Waals surface area contributed by atoms with Crippen LogP contribution in [0.4, 0.5) is 0 Å². The van der Waals surface area contributed by atoms with E-state index in [9.17, 15) is 0 Å². The van der Waals surface area contributed by atoms with Crippen LogP contribution in [0.25, 0.3) is 0 Å². The van der Waals surface area contributed by atoms with Crippen LogP contribution in [0.3, 0.4) is 0 Å². The molecular formula is C17H26ClNO. The monoisotopic (exact) mass is 295 g/mol. The number of hydrogen-bond donors (Lipinski definition) is 0. The van der Waals surface area contributed by atoms with Crippen molar-refractivity contribution in [2.45, 2.75) is 33.1 Å². The van der Waals surface area contributed by atoms with Gasteiger partial charge in [0.2, 0.25) is 0 Å². The average Bonchev–Trinajstić information content (AvgIpc) is 2.45. The fourth-order valence-corrected chi connectivity index (χ4v) is 2.36. The molecule has 0 amide bonds. The summed E-state index contributed by atoms with van der Waals surface area (Å²) in [6, 6.07) is 5.78. The molecule has 1 aromatic rings. The van der Waals surface area contributed by atoms with Gasteiger partial charge in [0.15, 0.2) is 0 Å². The number of rotatable bonds is 10. The van der Waals surface area contributed by atoms with E-state index in [2.05, 4.69) is 25.3 Å². The highest BCUT2D eigenvalue weighted by Crippen LogP contribution is 2.23. The number of nitrogens with zero attached hydrogens (tertiary/aromatic N) is 1. The minimum Gasteiger partial charge on any atom is -0.493 e. The molecule has 20 heavy (non-hydrogen) atoms. The van der Waals surface area contributed by atoms with Crippen molar-refractivity contribution in [3.05, 3.63) is 41.4 Å². The summed E-state index contributed by atoms with van der Waals surface area (Å²) in [5, 5.41) is 0.746. The predicted molar refractivity (Wildman–Crippen MR) is 87.9 cm³/mol. The normalized spacial score (nSPS) is 10.8. The molecule has 3 heteroatoms. The van der Waals surface area contributed by atoms with Crippen LogP contribution in [0, 0.1) is 0 Å². The molecule has 112 valence electrons. The summed E-state index contributed by atoms with van der Waals surface area (Å²) >= 11 is 6.01. The molecule has 0 bridgehead atoms. The minimum absolute atomic E-state index is 0.746. The van der Waals surface area contributed by atoms with Gasteiger partial charge >= 0.3 is 0 Å². The summed E-state index contributed by atoms with van der Waals surface area (Å²) in [6.45, 7) is 12.3. The van der Waals surface area contributed by atoms with Crippen LogP contribution in [0.5, 0.6) is 5.75 Å². The van der Waals surface area contributed by atoms with E-state index in [0.717, 1.165) is 55.4 Å². The topological polar surface area (TPSA) is 12.5 Å². The van der Waals surface area contributed by atoms with Crippen molar-refractivity contribution in [2.75, 3.05) is 26.2 Å². The summed E-state index contributed by atoms with van der Waals surface area (Å²) in [7, 11) is 0. The van der Waals surface area contributed by atoms with E-state index in [4.69, 9.17) is 16.3 Å². The highest BCUT2D eigenvalue weighted by molar-refractivity contribution is 6.30. The number of ether oxygens (including phenoxy) is 1. The molecule has 0 aliphatic heterocycles. The lowest BCUT2D eigenvalue weighted by Crippen LogP contribution is -2.24. The lowest BCUT2D eigenvalue weighted by Gasteiger charge is -2.17. The third kappa shape index (κ3) is 5.98. The molecule has 1 aromatic carbocycles. The average molecular weight is 296 g/mol. The van der Waals surface area contributed by atoms with Gasteiger partial charge in [-0.05, 0) is 62.7 Å². The van der Waals surface area contributed by atoms with Gasteiger partial charge in [-0.3, -0.25) is 0 Å². The predicted octanol–water partition coefficient (Wildman–Crippen LogP) is 4.57. The summed E-state index contributed by atoms with van der Waals surface area (Å²) in [5.41, 5.74) is 1.11. The third-order valence-corrected chi connectivity index (χ3v) is 3.64. The maximum Gasteiger partial charge on any atom is 0.122 e. The van der Waals surface area contributed by atoms with E-state index >= 15 is 0 Å². The highest BCUT2D eigenvalue weighted by atomic mass is 35.5. The first-order chi connectivity index (χ1) is 9.71. The highest BCUT2D eigenvalue weighted by Gasteiger charge is 2.04. The van der Waals surface area contributed by atoms with Crippen LogP contribution in [-0.2, 0) is 6.42 Å². The fraction of sp³-hybridized carbons (Fsp3) is 0.529. The number of allylic oxidation sites excluding steroid dienone is 1. The van der Waals surface area contributed by atoms with Gasteiger partial charge in [-0.2, -0.15) is 0 Å². The second-order valence-corrected chi connectivity index (χ2v) is 5.26. The van der Waals surface area contributed by atoms with Gasteiger partial charge < -0.3 is 9.64 Å². The zero-order valence-electron chi connectivity index (χ0n) is 12.7. The minimum atomic E-state index is 0.746. The van der Waals surface area contributed by atoms with Crippen LogP contribution < -0.4 is 4.74 Å². The van der Waals surface area contributed by atoms with Crippen molar-refractivity contribution in [3.63, 3.8) is 0 Å². The molecule has 0 N–H and O–H groups in total. The van der Waals surface area contributed by atoms with Gasteiger partial charge in [-0.1, -0.05) is 31.5 Å². The standard InChI is InChI=1S/C17H26ClNO/c1-4-9-15-14-16(18)10-11-17(15)20-13-8-7-12-19(5-2)6-3/h4,10-11,14H,1,5-9,12-13H2,2-3H3. The van der Waals surface area contributed by atoms with Gasteiger partial charge in [0, 0.05) is 5.02 Å². The largest absolute Gasteiger partial charge is 0.493 e. The fourth-order valence-electron chi connectivity index (χ4n) is 2.16. The Morgan fingerprint density at radius 3 is 2.65 bits per heavy atom. The van der Waals surface area contributed by atoms with Crippen LogP contribution in [0.2, 0.25) is 5.02 Å². The quantitative estimate of drug-likeness (QED) is 0.463. The van der Waals surface area contributed by atoms with Crippen molar-refractivity contribution >= 4 is 11.6 Å². The van der Waals surface area contributed by atoms with Gasteiger partial charge in [0.25, 0.3) is 0 Å². The molecule has 0 saturated carbocycles. The first-order valence-corrected chi connectivity index (χ1v) is 7.83. The molecule has 1 rings (SSSR count). The third-order valence-electron chi connectivity index (χ3n) is 3.41. The Morgan fingerprint density at radius 2 is 2.00 bits per heavy atom. The van der Waals surface area contributed by atoms with Crippen molar-refractivity contribution in [1.29, 1.82) is 0 Å². The zero-order chi connectivity index (χ0) is 14.8. The van der Waals surface area contributed by atoms with Crippen LogP contribution in [0.15, 0.2) is 30.9 Å². The van der Waals surface area contributed by atoms with Gasteiger partial charge in [-0.15, -0.1) is 6.58 Å². The molecule has 2 nitrogen and oxygen atoms in total. The van der Waals surface area contributed by atoms with Crippen LogP contribution in [0.1, 0.15) is 32.3 Å². The van der Waals surface area contributed by atoms with E-state index in [-0.39, 0.29) is 0 Å². The van der Waals surface area contributed by atoms with Crippen molar-refractivity contribution in [1.82, 2.24) is 4.90 Å². The van der Waals surface area contributed by atoms with E-state index in [1.807, 2.05) is 24.3 Å². The summed E-state index contributed by atoms with van der Waals surface area (Å²) in [5.74, 6) is 0.928. The summed E-state index contributed by atoms with van der Waals surface area (Å²) < 4.78 is 5.87. The van der Waals surface area contributed by atoms with Crippen molar-refractivity contribution < 1.29 is 4.74 Å². The Hall–Kier alpha value is -0.990. The first-order valence-electron chi connectivity index (χ1n) is 7.45. The second-order valence-electron chi connectivity index (χ2n) is 4.83. The van der Waals surface area contributed by atoms with E-state index in [0.29, 0.717) is 0 Å². The molecule has 0 heterocycles. The smallest absolute Gasteiger partial charge is 0.122 e. The number of hydrogen-bond acceptors (Lipinski definition) is 2. The molecule has 0 spiro atoms. The molecule has 0 aliphatic carbocycles. The molecule has 0 fully saturated rings. The maximum absolute atomic E-state index is 6.01. The van der Waals surface area contributed by atoms with Crippen LogP contribution >= 0.6 is 11.6 Å². The van der Waals surface area contributed by atoms with Crippen molar-refractivity contribution in [3.8, 4) is 5.75 Å². The molecule has 0 aromatic heterocycles. The molecule has 0 atom stereocenters. The summed E-state index contributed by atoms with van der Waals surface area (Å²) in [6.07, 6.45) is 4.91. The number of benzene rings is 1. The van der Waals surface area contributed by atoms with E-state index in [1.165, 1.54) is 6.42 Å².